The predicted molar refractivity (Wildman–Crippen MR) is 128 cm³/mol. The summed E-state index contributed by atoms with van der Waals surface area (Å²) in [6.07, 6.45) is 2.02. The van der Waals surface area contributed by atoms with Gasteiger partial charge in [-0.05, 0) is 48.1 Å². The number of benzene rings is 2. The molecule has 1 amide bonds. The number of nitrogens with zero attached hydrogens (tertiary/aromatic N) is 2. The SMILES string of the molecule is COc1ccc(C2CCCN2C(=O)CN(Cc2cccs2)Cc2ccccc2OC)cc1. The summed E-state index contributed by atoms with van der Waals surface area (Å²) < 4.78 is 10.8. The maximum absolute atomic E-state index is 13.5. The van der Waals surface area contributed by atoms with Crippen molar-refractivity contribution in [3.8, 4) is 11.5 Å². The van der Waals surface area contributed by atoms with Crippen molar-refractivity contribution in [2.24, 2.45) is 0 Å². The minimum atomic E-state index is 0.128. The van der Waals surface area contributed by atoms with Crippen molar-refractivity contribution in [2.45, 2.75) is 32.0 Å². The van der Waals surface area contributed by atoms with Crippen LogP contribution in [0.5, 0.6) is 11.5 Å². The lowest BCUT2D eigenvalue weighted by Crippen LogP contribution is -2.39. The Hall–Kier alpha value is -2.83. The molecule has 1 unspecified atom stereocenters. The first-order valence-electron chi connectivity index (χ1n) is 11.0. The summed E-state index contributed by atoms with van der Waals surface area (Å²) in [5, 5.41) is 2.08. The van der Waals surface area contributed by atoms with Gasteiger partial charge in [-0.3, -0.25) is 9.69 Å². The highest BCUT2D eigenvalue weighted by atomic mass is 32.1. The molecule has 1 fully saturated rings. The second kappa shape index (κ2) is 10.7. The van der Waals surface area contributed by atoms with Crippen LogP contribution in [0.2, 0.25) is 0 Å². The van der Waals surface area contributed by atoms with Crippen LogP contribution < -0.4 is 9.47 Å². The van der Waals surface area contributed by atoms with Crippen molar-refractivity contribution in [3.63, 3.8) is 0 Å². The first-order chi connectivity index (χ1) is 15.7. The Balaban J connectivity index is 1.50. The van der Waals surface area contributed by atoms with Crippen LogP contribution >= 0.6 is 11.3 Å². The van der Waals surface area contributed by atoms with Crippen molar-refractivity contribution in [1.29, 1.82) is 0 Å². The third-order valence-corrected chi connectivity index (χ3v) is 6.84. The molecule has 1 aliphatic heterocycles. The lowest BCUT2D eigenvalue weighted by Gasteiger charge is -2.29. The molecule has 0 spiro atoms. The maximum Gasteiger partial charge on any atom is 0.237 e. The monoisotopic (exact) mass is 450 g/mol. The van der Waals surface area contributed by atoms with E-state index in [1.165, 1.54) is 10.4 Å². The number of carbonyl (C=O) groups is 1. The topological polar surface area (TPSA) is 42.0 Å². The van der Waals surface area contributed by atoms with Gasteiger partial charge in [0.05, 0.1) is 26.8 Å². The number of amides is 1. The first-order valence-corrected chi connectivity index (χ1v) is 11.9. The summed E-state index contributed by atoms with van der Waals surface area (Å²) in [6.45, 7) is 2.58. The molecule has 0 aliphatic carbocycles. The second-order valence-corrected chi connectivity index (χ2v) is 9.09. The summed E-state index contributed by atoms with van der Waals surface area (Å²) in [7, 11) is 3.36. The van der Waals surface area contributed by atoms with Crippen LogP contribution in [0.3, 0.4) is 0 Å². The molecular weight excluding hydrogens is 420 g/mol. The summed E-state index contributed by atoms with van der Waals surface area (Å²) in [5.41, 5.74) is 2.26. The molecule has 0 saturated carbocycles. The van der Waals surface area contributed by atoms with Crippen LogP contribution in [0.25, 0.3) is 0 Å². The smallest absolute Gasteiger partial charge is 0.237 e. The van der Waals surface area contributed by atoms with E-state index in [1.807, 2.05) is 35.2 Å². The highest BCUT2D eigenvalue weighted by Crippen LogP contribution is 2.33. The van der Waals surface area contributed by atoms with Crippen molar-refractivity contribution in [3.05, 3.63) is 82.0 Å². The second-order valence-electron chi connectivity index (χ2n) is 8.05. The van der Waals surface area contributed by atoms with Gasteiger partial charge in [0, 0.05) is 30.1 Å². The van der Waals surface area contributed by atoms with Crippen LogP contribution in [0.15, 0.2) is 66.0 Å². The summed E-state index contributed by atoms with van der Waals surface area (Å²) in [6, 6.07) is 20.4. The molecule has 2 heterocycles. The van der Waals surface area contributed by atoms with E-state index in [-0.39, 0.29) is 11.9 Å². The van der Waals surface area contributed by atoms with Gasteiger partial charge in [0.15, 0.2) is 0 Å². The fourth-order valence-corrected chi connectivity index (χ4v) is 5.13. The Kier molecular flexibility index (Phi) is 7.45. The molecule has 1 aliphatic rings. The number of likely N-dealkylation sites (tertiary alicyclic amines) is 1. The molecule has 2 aromatic carbocycles. The van der Waals surface area contributed by atoms with Crippen LogP contribution in [0, 0.1) is 0 Å². The average Bonchev–Trinajstić information content (AvgIpc) is 3.52. The number of para-hydroxylation sites is 1. The van der Waals surface area contributed by atoms with E-state index < -0.39 is 0 Å². The normalized spacial score (nSPS) is 15.8. The van der Waals surface area contributed by atoms with E-state index >= 15 is 0 Å². The van der Waals surface area contributed by atoms with Crippen LogP contribution in [-0.2, 0) is 17.9 Å². The molecule has 6 heteroatoms. The van der Waals surface area contributed by atoms with Crippen LogP contribution in [-0.4, -0.2) is 43.0 Å². The summed E-state index contributed by atoms with van der Waals surface area (Å²) >= 11 is 1.72. The number of rotatable bonds is 9. The van der Waals surface area contributed by atoms with E-state index in [4.69, 9.17) is 9.47 Å². The molecule has 0 bridgehead atoms. The molecule has 5 nitrogen and oxygen atoms in total. The fourth-order valence-electron chi connectivity index (χ4n) is 4.39. The molecule has 1 saturated heterocycles. The highest BCUT2D eigenvalue weighted by Gasteiger charge is 2.31. The predicted octanol–water partition coefficient (Wildman–Crippen LogP) is 5.13. The molecular formula is C26H30N2O3S. The van der Waals surface area contributed by atoms with Crippen molar-refractivity contribution < 1.29 is 14.3 Å². The molecule has 168 valence electrons. The van der Waals surface area contributed by atoms with Crippen LogP contribution in [0.4, 0.5) is 0 Å². The van der Waals surface area contributed by atoms with E-state index in [0.717, 1.165) is 43.0 Å². The summed E-state index contributed by atoms with van der Waals surface area (Å²) in [5.74, 6) is 1.87. The van der Waals surface area contributed by atoms with E-state index in [1.54, 1.807) is 25.6 Å². The van der Waals surface area contributed by atoms with Gasteiger partial charge in [0.25, 0.3) is 0 Å². The van der Waals surface area contributed by atoms with E-state index in [9.17, 15) is 4.79 Å². The van der Waals surface area contributed by atoms with E-state index in [0.29, 0.717) is 13.1 Å². The molecule has 1 atom stereocenters. The number of carbonyl (C=O) groups excluding carboxylic acids is 1. The van der Waals surface area contributed by atoms with Gasteiger partial charge < -0.3 is 14.4 Å². The van der Waals surface area contributed by atoms with Crippen molar-refractivity contribution >= 4 is 17.2 Å². The van der Waals surface area contributed by atoms with E-state index in [2.05, 4.69) is 40.6 Å². The van der Waals surface area contributed by atoms with Crippen molar-refractivity contribution in [1.82, 2.24) is 9.80 Å². The molecule has 0 N–H and O–H groups in total. The van der Waals surface area contributed by atoms with Gasteiger partial charge in [0.2, 0.25) is 5.91 Å². The third kappa shape index (κ3) is 5.31. The Morgan fingerprint density at radius 1 is 1.03 bits per heavy atom. The zero-order chi connectivity index (χ0) is 22.3. The quantitative estimate of drug-likeness (QED) is 0.453. The number of hydrogen-bond acceptors (Lipinski definition) is 5. The van der Waals surface area contributed by atoms with Gasteiger partial charge in [0.1, 0.15) is 11.5 Å². The summed E-state index contributed by atoms with van der Waals surface area (Å²) in [4.78, 5) is 19.0. The number of hydrogen-bond donors (Lipinski definition) is 0. The Morgan fingerprint density at radius 3 is 2.56 bits per heavy atom. The largest absolute Gasteiger partial charge is 0.497 e. The van der Waals surface area contributed by atoms with Gasteiger partial charge in [-0.25, -0.2) is 0 Å². The highest BCUT2D eigenvalue weighted by molar-refractivity contribution is 7.09. The standard InChI is InChI=1S/C26H30N2O3S/c1-30-22-13-11-20(12-14-22)24-9-5-15-28(24)26(29)19-27(18-23-8-6-16-32-23)17-21-7-3-4-10-25(21)31-2/h3-4,6-8,10-14,16,24H,5,9,15,17-19H2,1-2H3. The fraction of sp³-hybridized carbons (Fsp3) is 0.346. The zero-order valence-corrected chi connectivity index (χ0v) is 19.5. The average molecular weight is 451 g/mol. The van der Waals surface area contributed by atoms with Gasteiger partial charge in [-0.15, -0.1) is 11.3 Å². The molecule has 4 rings (SSSR count). The van der Waals surface area contributed by atoms with Gasteiger partial charge in [-0.2, -0.15) is 0 Å². The minimum absolute atomic E-state index is 0.128. The Bertz CT molecular complexity index is 1000. The Labute approximate surface area is 194 Å². The molecule has 32 heavy (non-hydrogen) atoms. The van der Waals surface area contributed by atoms with Gasteiger partial charge >= 0.3 is 0 Å². The first kappa shape index (κ1) is 22.4. The zero-order valence-electron chi connectivity index (χ0n) is 18.7. The maximum atomic E-state index is 13.5. The lowest BCUT2D eigenvalue weighted by atomic mass is 10.0. The number of thiophene rings is 1. The van der Waals surface area contributed by atoms with Gasteiger partial charge in [-0.1, -0.05) is 36.4 Å². The number of methoxy groups -OCH3 is 2. The number of ether oxygens (including phenoxy) is 2. The molecule has 0 radical (unpaired) electrons. The Morgan fingerprint density at radius 2 is 1.84 bits per heavy atom. The third-order valence-electron chi connectivity index (χ3n) is 5.98. The molecule has 1 aromatic heterocycles. The minimum Gasteiger partial charge on any atom is -0.497 e. The van der Waals surface area contributed by atoms with Crippen LogP contribution in [0.1, 0.15) is 34.9 Å². The van der Waals surface area contributed by atoms with Crippen molar-refractivity contribution in [2.75, 3.05) is 27.3 Å². The molecule has 3 aromatic rings. The lowest BCUT2D eigenvalue weighted by molar-refractivity contribution is -0.133.